The lowest BCUT2D eigenvalue weighted by Crippen LogP contribution is -2.02. The van der Waals surface area contributed by atoms with Crippen LogP contribution >= 0.6 is 11.6 Å². The fourth-order valence-corrected chi connectivity index (χ4v) is 1.85. The van der Waals surface area contributed by atoms with Gasteiger partial charge in [0.15, 0.2) is 0 Å². The summed E-state index contributed by atoms with van der Waals surface area (Å²) in [5, 5.41) is 0.450. The Hall–Kier alpha value is -1.48. The summed E-state index contributed by atoms with van der Waals surface area (Å²) in [4.78, 5) is 8.66. The minimum atomic E-state index is -0.242. The van der Waals surface area contributed by atoms with Crippen LogP contribution in [0.2, 0.25) is 5.15 Å². The molecule has 0 aliphatic heterocycles. The van der Waals surface area contributed by atoms with E-state index in [1.54, 1.807) is 18.2 Å². The Balaban J connectivity index is 2.26. The molecule has 0 fully saturated rings. The highest BCUT2D eigenvalue weighted by Gasteiger charge is 2.07. The molecule has 18 heavy (non-hydrogen) atoms. The van der Waals surface area contributed by atoms with E-state index in [1.807, 2.05) is 0 Å². The molecule has 1 aromatic heterocycles. The molecule has 0 N–H and O–H groups in total. The van der Waals surface area contributed by atoms with Crippen LogP contribution < -0.4 is 0 Å². The summed E-state index contributed by atoms with van der Waals surface area (Å²) in [5.41, 5.74) is 1.89. The van der Waals surface area contributed by atoms with Crippen LogP contribution in [0.5, 0.6) is 0 Å². The molecule has 0 aliphatic carbocycles. The van der Waals surface area contributed by atoms with Crippen LogP contribution in [0.25, 0.3) is 0 Å². The van der Waals surface area contributed by atoms with E-state index in [0.29, 0.717) is 23.3 Å². The summed E-state index contributed by atoms with van der Waals surface area (Å²) in [5.74, 6) is 0.726. The molecule has 0 aliphatic rings. The molecule has 2 aromatic rings. The van der Waals surface area contributed by atoms with E-state index < -0.39 is 0 Å². The highest BCUT2D eigenvalue weighted by molar-refractivity contribution is 6.29. The van der Waals surface area contributed by atoms with Gasteiger partial charge in [-0.05, 0) is 29.7 Å². The lowest BCUT2D eigenvalue weighted by atomic mass is 10.1. The fraction of sp³-hybridized carbons (Fsp3) is 0.286. The lowest BCUT2D eigenvalue weighted by Gasteiger charge is -2.07. The van der Waals surface area contributed by atoms with E-state index in [4.69, 9.17) is 11.6 Å². The van der Waals surface area contributed by atoms with E-state index in [2.05, 4.69) is 23.8 Å². The molecule has 0 bridgehead atoms. The maximum atomic E-state index is 12.8. The first-order valence-electron chi connectivity index (χ1n) is 5.82. The molecule has 1 aromatic carbocycles. The molecule has 0 saturated heterocycles. The highest BCUT2D eigenvalue weighted by atomic mass is 35.5. The molecule has 2 rings (SSSR count). The van der Waals surface area contributed by atoms with Crippen molar-refractivity contribution >= 4 is 11.6 Å². The van der Waals surface area contributed by atoms with Crippen LogP contribution in [-0.2, 0) is 6.42 Å². The molecule has 0 amide bonds. The Morgan fingerprint density at radius 2 is 1.83 bits per heavy atom. The summed E-state index contributed by atoms with van der Waals surface area (Å²) >= 11 is 5.97. The minimum absolute atomic E-state index is 0.242. The van der Waals surface area contributed by atoms with E-state index >= 15 is 0 Å². The van der Waals surface area contributed by atoms with Gasteiger partial charge < -0.3 is 0 Å². The number of benzene rings is 1. The second-order valence-electron chi connectivity index (χ2n) is 4.49. The summed E-state index contributed by atoms with van der Waals surface area (Å²) in [6.07, 6.45) is 0.556. The molecule has 0 radical (unpaired) electrons. The quantitative estimate of drug-likeness (QED) is 0.784. The van der Waals surface area contributed by atoms with Gasteiger partial charge in [0, 0.05) is 12.1 Å². The molecule has 4 heteroatoms. The molecule has 1 heterocycles. The molecule has 94 valence electrons. The standard InChI is InChI=1S/C14H14ClFN2/c1-9(2)12-8-13(15)18-14(17-12)7-10-3-5-11(16)6-4-10/h3-6,8-9H,7H2,1-2H3. The average molecular weight is 265 g/mol. The fourth-order valence-electron chi connectivity index (χ4n) is 1.64. The maximum Gasteiger partial charge on any atom is 0.134 e. The normalized spacial score (nSPS) is 10.9. The van der Waals surface area contributed by atoms with Crippen LogP contribution in [0, 0.1) is 5.82 Å². The van der Waals surface area contributed by atoms with Gasteiger partial charge in [0.25, 0.3) is 0 Å². The van der Waals surface area contributed by atoms with Gasteiger partial charge in [-0.3, -0.25) is 0 Å². The second-order valence-corrected chi connectivity index (χ2v) is 4.88. The number of rotatable bonds is 3. The third kappa shape index (κ3) is 3.26. The van der Waals surface area contributed by atoms with E-state index in [-0.39, 0.29) is 5.82 Å². The van der Waals surface area contributed by atoms with Crippen molar-refractivity contribution in [1.29, 1.82) is 0 Å². The molecule has 0 spiro atoms. The topological polar surface area (TPSA) is 25.8 Å². The van der Waals surface area contributed by atoms with E-state index in [1.165, 1.54) is 12.1 Å². The summed E-state index contributed by atoms with van der Waals surface area (Å²) in [7, 11) is 0. The summed E-state index contributed by atoms with van der Waals surface area (Å²) in [6, 6.07) is 8.11. The highest BCUT2D eigenvalue weighted by Crippen LogP contribution is 2.17. The zero-order valence-electron chi connectivity index (χ0n) is 10.3. The predicted molar refractivity (Wildman–Crippen MR) is 70.3 cm³/mol. The molecule has 0 atom stereocenters. The number of hydrogen-bond donors (Lipinski definition) is 0. The van der Waals surface area contributed by atoms with Crippen molar-refractivity contribution in [3.63, 3.8) is 0 Å². The Morgan fingerprint density at radius 1 is 1.17 bits per heavy atom. The zero-order chi connectivity index (χ0) is 13.1. The SMILES string of the molecule is CC(C)c1cc(Cl)nc(Cc2ccc(F)cc2)n1. The molecule has 2 nitrogen and oxygen atoms in total. The molecular weight excluding hydrogens is 251 g/mol. The molecule has 0 saturated carbocycles. The third-order valence-electron chi connectivity index (χ3n) is 2.63. The van der Waals surface area contributed by atoms with Crippen LogP contribution in [0.3, 0.4) is 0 Å². The van der Waals surface area contributed by atoms with Gasteiger partial charge in [0.1, 0.15) is 16.8 Å². The van der Waals surface area contributed by atoms with Gasteiger partial charge in [-0.25, -0.2) is 14.4 Å². The van der Waals surface area contributed by atoms with Crippen molar-refractivity contribution in [1.82, 2.24) is 9.97 Å². The van der Waals surface area contributed by atoms with Crippen LogP contribution in [-0.4, -0.2) is 9.97 Å². The Labute approximate surface area is 111 Å². The first-order chi connectivity index (χ1) is 8.54. The first-order valence-corrected chi connectivity index (χ1v) is 6.20. The Bertz CT molecular complexity index is 538. The molecule has 0 unspecified atom stereocenters. The Kier molecular flexibility index (Phi) is 3.92. The number of halogens is 2. The number of nitrogens with zero attached hydrogens (tertiary/aromatic N) is 2. The van der Waals surface area contributed by atoms with Crippen LogP contribution in [0.4, 0.5) is 4.39 Å². The largest absolute Gasteiger partial charge is 0.237 e. The maximum absolute atomic E-state index is 12.8. The predicted octanol–water partition coefficient (Wildman–Crippen LogP) is 3.98. The average Bonchev–Trinajstić information content (AvgIpc) is 2.31. The van der Waals surface area contributed by atoms with Crippen molar-refractivity contribution in [2.45, 2.75) is 26.2 Å². The zero-order valence-corrected chi connectivity index (χ0v) is 11.1. The number of aromatic nitrogens is 2. The minimum Gasteiger partial charge on any atom is -0.237 e. The first kappa shape index (κ1) is 13.0. The van der Waals surface area contributed by atoms with Crippen molar-refractivity contribution in [2.75, 3.05) is 0 Å². The third-order valence-corrected chi connectivity index (χ3v) is 2.82. The van der Waals surface area contributed by atoms with Gasteiger partial charge >= 0.3 is 0 Å². The van der Waals surface area contributed by atoms with Crippen molar-refractivity contribution in [2.24, 2.45) is 0 Å². The van der Waals surface area contributed by atoms with Gasteiger partial charge in [0.05, 0.1) is 0 Å². The van der Waals surface area contributed by atoms with Crippen molar-refractivity contribution in [3.05, 3.63) is 58.4 Å². The smallest absolute Gasteiger partial charge is 0.134 e. The summed E-state index contributed by atoms with van der Waals surface area (Å²) in [6.45, 7) is 4.11. The van der Waals surface area contributed by atoms with Gasteiger partial charge in [-0.15, -0.1) is 0 Å². The summed E-state index contributed by atoms with van der Waals surface area (Å²) < 4.78 is 12.8. The molecular formula is C14H14ClFN2. The van der Waals surface area contributed by atoms with Crippen LogP contribution in [0.1, 0.15) is 36.8 Å². The Morgan fingerprint density at radius 3 is 2.44 bits per heavy atom. The van der Waals surface area contributed by atoms with Gasteiger partial charge in [-0.2, -0.15) is 0 Å². The van der Waals surface area contributed by atoms with Crippen molar-refractivity contribution in [3.8, 4) is 0 Å². The number of hydrogen-bond acceptors (Lipinski definition) is 2. The van der Waals surface area contributed by atoms with E-state index in [0.717, 1.165) is 11.3 Å². The second kappa shape index (κ2) is 5.44. The van der Waals surface area contributed by atoms with Gasteiger partial charge in [0.2, 0.25) is 0 Å². The van der Waals surface area contributed by atoms with Crippen LogP contribution in [0.15, 0.2) is 30.3 Å². The monoisotopic (exact) mass is 264 g/mol. The van der Waals surface area contributed by atoms with E-state index in [9.17, 15) is 4.39 Å². The van der Waals surface area contributed by atoms with Gasteiger partial charge in [-0.1, -0.05) is 37.6 Å². The lowest BCUT2D eigenvalue weighted by molar-refractivity contribution is 0.627. The van der Waals surface area contributed by atoms with Crippen molar-refractivity contribution < 1.29 is 4.39 Å².